The van der Waals surface area contributed by atoms with E-state index in [2.05, 4.69) is 13.8 Å². The number of hydrogen-bond acceptors (Lipinski definition) is 4. The highest BCUT2D eigenvalue weighted by molar-refractivity contribution is 5.69. The number of rotatable bonds is 14. The van der Waals surface area contributed by atoms with Gasteiger partial charge in [0.1, 0.15) is 6.10 Å². The van der Waals surface area contributed by atoms with Crippen LogP contribution in [-0.2, 0) is 19.1 Å². The minimum atomic E-state index is -0.147. The molecule has 0 aromatic rings. The molecule has 0 saturated carbocycles. The van der Waals surface area contributed by atoms with E-state index in [4.69, 9.17) is 9.47 Å². The highest BCUT2D eigenvalue weighted by Gasteiger charge is 2.15. The summed E-state index contributed by atoms with van der Waals surface area (Å²) in [6.07, 6.45) is 9.36. The molecule has 0 aromatic heterocycles. The Morgan fingerprint density at radius 1 is 0.773 bits per heavy atom. The van der Waals surface area contributed by atoms with Crippen LogP contribution < -0.4 is 0 Å². The first-order chi connectivity index (χ1) is 10.6. The van der Waals surface area contributed by atoms with Gasteiger partial charge in [-0.2, -0.15) is 0 Å². The van der Waals surface area contributed by atoms with Crippen LogP contribution in [0.4, 0.5) is 0 Å². The second kappa shape index (κ2) is 14.9. The molecule has 0 aromatic carbocycles. The van der Waals surface area contributed by atoms with Crippen molar-refractivity contribution >= 4 is 11.9 Å². The molecule has 0 N–H and O–H groups in total. The number of ether oxygens (including phenoxy) is 2. The zero-order valence-corrected chi connectivity index (χ0v) is 14.7. The lowest BCUT2D eigenvalue weighted by molar-refractivity contribution is -0.151. The van der Waals surface area contributed by atoms with Crippen molar-refractivity contribution in [1.29, 1.82) is 0 Å². The van der Waals surface area contributed by atoms with Gasteiger partial charge < -0.3 is 9.47 Å². The summed E-state index contributed by atoms with van der Waals surface area (Å²) >= 11 is 0. The van der Waals surface area contributed by atoms with Crippen LogP contribution in [0.25, 0.3) is 0 Å². The minimum absolute atomic E-state index is 0.116. The van der Waals surface area contributed by atoms with Gasteiger partial charge in [0.25, 0.3) is 0 Å². The van der Waals surface area contributed by atoms with Gasteiger partial charge in [0, 0.05) is 19.3 Å². The second-order valence-corrected chi connectivity index (χ2v) is 5.82. The summed E-state index contributed by atoms with van der Waals surface area (Å²) in [5, 5.41) is 0. The van der Waals surface area contributed by atoms with E-state index in [0.29, 0.717) is 25.9 Å². The van der Waals surface area contributed by atoms with Gasteiger partial charge in [0.05, 0.1) is 6.61 Å². The third kappa shape index (κ3) is 12.7. The van der Waals surface area contributed by atoms with Crippen molar-refractivity contribution in [1.82, 2.24) is 0 Å². The molecule has 0 bridgehead atoms. The summed E-state index contributed by atoms with van der Waals surface area (Å²) in [5.41, 5.74) is 0. The lowest BCUT2D eigenvalue weighted by Crippen LogP contribution is -2.21. The van der Waals surface area contributed by atoms with Crippen molar-refractivity contribution in [2.24, 2.45) is 0 Å². The summed E-state index contributed by atoms with van der Waals surface area (Å²) < 4.78 is 10.7. The van der Waals surface area contributed by atoms with Crippen molar-refractivity contribution < 1.29 is 19.1 Å². The maximum Gasteiger partial charge on any atom is 0.306 e. The highest BCUT2D eigenvalue weighted by Crippen LogP contribution is 2.13. The summed E-state index contributed by atoms with van der Waals surface area (Å²) in [6.45, 7) is 6.60. The Morgan fingerprint density at radius 3 is 1.95 bits per heavy atom. The number of carbonyl (C=O) groups is 2. The molecule has 22 heavy (non-hydrogen) atoms. The Bertz CT molecular complexity index is 289. The van der Waals surface area contributed by atoms with E-state index in [-0.39, 0.29) is 18.0 Å². The van der Waals surface area contributed by atoms with Gasteiger partial charge in [-0.3, -0.25) is 9.59 Å². The molecule has 130 valence electrons. The first-order valence-electron chi connectivity index (χ1n) is 8.99. The van der Waals surface area contributed by atoms with Crippen LogP contribution >= 0.6 is 0 Å². The summed E-state index contributed by atoms with van der Waals surface area (Å²) in [4.78, 5) is 23.2. The van der Waals surface area contributed by atoms with Crippen molar-refractivity contribution in [3.05, 3.63) is 0 Å². The Balaban J connectivity index is 4.05. The predicted molar refractivity (Wildman–Crippen MR) is 88.6 cm³/mol. The first kappa shape index (κ1) is 20.9. The van der Waals surface area contributed by atoms with Gasteiger partial charge >= 0.3 is 11.9 Å². The molecule has 0 amide bonds. The highest BCUT2D eigenvalue weighted by atomic mass is 16.6. The molecule has 0 fully saturated rings. The van der Waals surface area contributed by atoms with Crippen LogP contribution in [-0.4, -0.2) is 24.6 Å². The zero-order chi connectivity index (χ0) is 16.6. The van der Waals surface area contributed by atoms with Crippen molar-refractivity contribution in [3.63, 3.8) is 0 Å². The van der Waals surface area contributed by atoms with E-state index in [1.165, 1.54) is 0 Å². The van der Waals surface area contributed by atoms with Crippen LogP contribution in [0.2, 0.25) is 0 Å². The fourth-order valence-electron chi connectivity index (χ4n) is 2.15. The fraction of sp³-hybridized carbons (Fsp3) is 0.889. The molecular formula is C18H34O4. The van der Waals surface area contributed by atoms with Crippen molar-refractivity contribution in [2.75, 3.05) is 6.61 Å². The third-order valence-electron chi connectivity index (χ3n) is 3.60. The van der Waals surface area contributed by atoms with E-state index >= 15 is 0 Å². The van der Waals surface area contributed by atoms with Gasteiger partial charge in [0.15, 0.2) is 0 Å². The summed E-state index contributed by atoms with van der Waals surface area (Å²) in [6, 6.07) is 0. The van der Waals surface area contributed by atoms with E-state index in [9.17, 15) is 9.59 Å². The van der Waals surface area contributed by atoms with Crippen molar-refractivity contribution in [2.45, 2.75) is 97.5 Å². The van der Waals surface area contributed by atoms with Gasteiger partial charge in [0.2, 0.25) is 0 Å². The third-order valence-corrected chi connectivity index (χ3v) is 3.60. The second-order valence-electron chi connectivity index (χ2n) is 5.82. The number of unbranched alkanes of at least 4 members (excludes halogenated alkanes) is 4. The van der Waals surface area contributed by atoms with E-state index in [1.807, 2.05) is 6.92 Å². The molecular weight excluding hydrogens is 280 g/mol. The molecule has 0 aliphatic carbocycles. The van der Waals surface area contributed by atoms with Gasteiger partial charge in [-0.05, 0) is 25.7 Å². The van der Waals surface area contributed by atoms with Crippen LogP contribution in [0.3, 0.4) is 0 Å². The Labute approximate surface area is 135 Å². The molecule has 1 unspecified atom stereocenters. The smallest absolute Gasteiger partial charge is 0.306 e. The quantitative estimate of drug-likeness (QED) is 0.341. The number of carbonyl (C=O) groups excluding carboxylic acids is 2. The molecule has 4 heteroatoms. The topological polar surface area (TPSA) is 52.6 Å². The monoisotopic (exact) mass is 314 g/mol. The maximum absolute atomic E-state index is 11.8. The molecule has 0 spiro atoms. The van der Waals surface area contributed by atoms with Gasteiger partial charge in [-0.1, -0.05) is 46.5 Å². The van der Waals surface area contributed by atoms with Crippen LogP contribution in [0, 0.1) is 0 Å². The van der Waals surface area contributed by atoms with Crippen molar-refractivity contribution in [3.8, 4) is 0 Å². The van der Waals surface area contributed by atoms with Gasteiger partial charge in [-0.25, -0.2) is 0 Å². The molecule has 0 radical (unpaired) electrons. The fourth-order valence-corrected chi connectivity index (χ4v) is 2.15. The largest absolute Gasteiger partial charge is 0.466 e. The molecule has 0 rings (SSSR count). The Hall–Kier alpha value is -1.06. The Morgan fingerprint density at radius 2 is 1.36 bits per heavy atom. The predicted octanol–water partition coefficient (Wildman–Crippen LogP) is 4.79. The standard InChI is InChI=1S/C18H34O4/c1-4-7-10-11-16(22-18(20)13-9-6-3)14-15-21-17(19)12-8-5-2/h16H,4-15H2,1-3H3. The van der Waals surface area contributed by atoms with Crippen LogP contribution in [0.5, 0.6) is 0 Å². The average molecular weight is 314 g/mol. The molecule has 0 saturated heterocycles. The maximum atomic E-state index is 11.8. The normalized spacial score (nSPS) is 12.0. The lowest BCUT2D eigenvalue weighted by Gasteiger charge is -2.18. The summed E-state index contributed by atoms with van der Waals surface area (Å²) in [7, 11) is 0. The number of hydrogen-bond donors (Lipinski definition) is 0. The molecule has 4 nitrogen and oxygen atoms in total. The average Bonchev–Trinajstić information content (AvgIpc) is 2.50. The SMILES string of the molecule is CCCCCC(CCOC(=O)CCCC)OC(=O)CCCC. The Kier molecular flexibility index (Phi) is 14.1. The lowest BCUT2D eigenvalue weighted by atomic mass is 10.1. The van der Waals surface area contributed by atoms with Gasteiger partial charge in [-0.15, -0.1) is 0 Å². The molecule has 0 aliphatic heterocycles. The summed E-state index contributed by atoms with van der Waals surface area (Å²) in [5.74, 6) is -0.271. The van der Waals surface area contributed by atoms with Crippen LogP contribution in [0.1, 0.15) is 91.4 Å². The zero-order valence-electron chi connectivity index (χ0n) is 14.7. The van der Waals surface area contributed by atoms with E-state index < -0.39 is 0 Å². The van der Waals surface area contributed by atoms with Crippen LogP contribution in [0.15, 0.2) is 0 Å². The molecule has 0 aliphatic rings. The van der Waals surface area contributed by atoms with E-state index in [1.54, 1.807) is 0 Å². The first-order valence-corrected chi connectivity index (χ1v) is 8.99. The molecule has 0 heterocycles. The minimum Gasteiger partial charge on any atom is -0.466 e. The van der Waals surface area contributed by atoms with E-state index in [0.717, 1.165) is 51.4 Å². The molecule has 1 atom stereocenters. The number of esters is 2.